The summed E-state index contributed by atoms with van der Waals surface area (Å²) in [5.41, 5.74) is 1.13. The van der Waals surface area contributed by atoms with E-state index in [0.717, 1.165) is 10.6 Å². The van der Waals surface area contributed by atoms with E-state index in [1.165, 1.54) is 32.1 Å². The summed E-state index contributed by atoms with van der Waals surface area (Å²) in [6.07, 6.45) is 11.5. The summed E-state index contributed by atoms with van der Waals surface area (Å²) in [7, 11) is 0. The fourth-order valence-electron chi connectivity index (χ4n) is 2.74. The van der Waals surface area contributed by atoms with Crippen molar-refractivity contribution in [3.05, 3.63) is 52.6 Å². The second kappa shape index (κ2) is 6.90. The molecular weight excluding hydrogens is 284 g/mol. The minimum absolute atomic E-state index is 0.601. The van der Waals surface area contributed by atoms with Gasteiger partial charge >= 0.3 is 0 Å². The van der Waals surface area contributed by atoms with E-state index in [0.29, 0.717) is 24.1 Å². The maximum atomic E-state index is 5.87. The van der Waals surface area contributed by atoms with E-state index in [1.54, 1.807) is 0 Å². The minimum Gasteiger partial charge on any atom is -0.335 e. The molecule has 0 saturated heterocycles. The van der Waals surface area contributed by atoms with Crippen LogP contribution in [0.2, 0.25) is 5.02 Å². The molecule has 4 heteroatoms. The number of benzene rings is 1. The van der Waals surface area contributed by atoms with E-state index in [4.69, 9.17) is 16.1 Å². The lowest BCUT2D eigenvalue weighted by Crippen LogP contribution is -2.02. The van der Waals surface area contributed by atoms with Crippen molar-refractivity contribution in [3.8, 4) is 0 Å². The summed E-state index contributed by atoms with van der Waals surface area (Å²) < 4.78 is 5.28. The van der Waals surface area contributed by atoms with Crippen LogP contribution < -0.4 is 0 Å². The zero-order chi connectivity index (χ0) is 14.5. The van der Waals surface area contributed by atoms with Gasteiger partial charge in [0.05, 0.1) is 0 Å². The molecule has 0 spiro atoms. The largest absolute Gasteiger partial charge is 0.335 e. The summed E-state index contributed by atoms with van der Waals surface area (Å²) >= 11 is 5.87. The van der Waals surface area contributed by atoms with Gasteiger partial charge in [-0.2, -0.15) is 4.98 Å². The average molecular weight is 303 g/mol. The second-order valence-corrected chi connectivity index (χ2v) is 6.05. The molecule has 0 bridgehead atoms. The third kappa shape index (κ3) is 4.18. The highest BCUT2D eigenvalue weighted by Crippen LogP contribution is 2.25. The number of rotatable bonds is 4. The van der Waals surface area contributed by atoms with Crippen LogP contribution in [0.3, 0.4) is 0 Å². The molecule has 1 aromatic carbocycles. The van der Waals surface area contributed by atoms with Gasteiger partial charge in [-0.1, -0.05) is 54.2 Å². The molecule has 3 rings (SSSR count). The highest BCUT2D eigenvalue weighted by Gasteiger charge is 2.11. The van der Waals surface area contributed by atoms with Crippen LogP contribution in [-0.4, -0.2) is 10.1 Å². The fourth-order valence-corrected chi connectivity index (χ4v) is 2.86. The molecule has 1 aromatic heterocycles. The first-order chi connectivity index (χ1) is 10.3. The van der Waals surface area contributed by atoms with Crippen LogP contribution >= 0.6 is 11.6 Å². The molecule has 1 heterocycles. The third-order valence-corrected chi connectivity index (χ3v) is 4.17. The maximum Gasteiger partial charge on any atom is 0.250 e. The van der Waals surface area contributed by atoms with E-state index in [-0.39, 0.29) is 0 Å². The molecule has 0 N–H and O–H groups in total. The lowest BCUT2D eigenvalue weighted by atomic mass is 9.89. The Labute approximate surface area is 130 Å². The quantitative estimate of drug-likeness (QED) is 0.805. The van der Waals surface area contributed by atoms with Gasteiger partial charge in [0.25, 0.3) is 0 Å². The second-order valence-electron chi connectivity index (χ2n) is 5.61. The molecule has 1 fully saturated rings. The van der Waals surface area contributed by atoms with Crippen LogP contribution in [0.25, 0.3) is 6.08 Å². The molecule has 3 nitrogen and oxygen atoms in total. The highest BCUT2D eigenvalue weighted by atomic mass is 35.5. The lowest BCUT2D eigenvalue weighted by molar-refractivity contribution is 0.401. The number of allylic oxidation sites excluding steroid dienone is 1. The number of hydrogen-bond acceptors (Lipinski definition) is 3. The lowest BCUT2D eigenvalue weighted by Gasteiger charge is -2.17. The summed E-state index contributed by atoms with van der Waals surface area (Å²) in [4.78, 5) is 4.41. The average Bonchev–Trinajstić information content (AvgIpc) is 2.96. The van der Waals surface area contributed by atoms with Crippen molar-refractivity contribution in [2.45, 2.75) is 38.5 Å². The van der Waals surface area contributed by atoms with E-state index in [2.05, 4.69) is 16.2 Å². The van der Waals surface area contributed by atoms with Gasteiger partial charge in [0, 0.05) is 11.4 Å². The van der Waals surface area contributed by atoms with Crippen molar-refractivity contribution in [1.29, 1.82) is 0 Å². The van der Waals surface area contributed by atoms with Crippen molar-refractivity contribution < 1.29 is 4.52 Å². The monoisotopic (exact) mass is 302 g/mol. The molecule has 0 amide bonds. The van der Waals surface area contributed by atoms with Crippen molar-refractivity contribution in [3.63, 3.8) is 0 Å². The van der Waals surface area contributed by atoms with Crippen molar-refractivity contribution >= 4 is 17.7 Å². The zero-order valence-electron chi connectivity index (χ0n) is 12.0. The maximum absolute atomic E-state index is 5.87. The summed E-state index contributed by atoms with van der Waals surface area (Å²) in [6.45, 7) is 0. The standard InChI is InChI=1S/C17H19ClN2O/c18-15-9-6-14(7-10-15)12-16-19-17(21-20-16)11-8-13-4-2-1-3-5-13/h6-11,13H,1-5,12H2. The Morgan fingerprint density at radius 3 is 2.67 bits per heavy atom. The normalized spacial score (nSPS) is 16.6. The predicted octanol–water partition coefficient (Wildman–Crippen LogP) is 4.91. The number of nitrogens with zero attached hydrogens (tertiary/aromatic N) is 2. The smallest absolute Gasteiger partial charge is 0.250 e. The zero-order valence-corrected chi connectivity index (χ0v) is 12.7. The van der Waals surface area contributed by atoms with Crippen molar-refractivity contribution in [2.24, 2.45) is 5.92 Å². The Balaban J connectivity index is 1.60. The Bertz CT molecular complexity index is 598. The Morgan fingerprint density at radius 2 is 1.90 bits per heavy atom. The Kier molecular flexibility index (Phi) is 4.71. The molecule has 1 saturated carbocycles. The van der Waals surface area contributed by atoms with Crippen LogP contribution in [-0.2, 0) is 6.42 Å². The summed E-state index contributed by atoms with van der Waals surface area (Å²) in [5, 5.41) is 4.77. The first kappa shape index (κ1) is 14.3. The van der Waals surface area contributed by atoms with Gasteiger partial charge in [-0.3, -0.25) is 0 Å². The molecule has 21 heavy (non-hydrogen) atoms. The van der Waals surface area contributed by atoms with Crippen LogP contribution in [0.15, 0.2) is 34.9 Å². The van der Waals surface area contributed by atoms with Crippen molar-refractivity contribution in [2.75, 3.05) is 0 Å². The molecule has 2 aromatic rings. The molecular formula is C17H19ClN2O. The van der Waals surface area contributed by atoms with Crippen LogP contribution in [0, 0.1) is 5.92 Å². The molecule has 110 valence electrons. The van der Waals surface area contributed by atoms with Gasteiger partial charge in [-0.05, 0) is 42.5 Å². The van der Waals surface area contributed by atoms with Crippen LogP contribution in [0.5, 0.6) is 0 Å². The van der Waals surface area contributed by atoms with E-state index in [9.17, 15) is 0 Å². The van der Waals surface area contributed by atoms with E-state index >= 15 is 0 Å². The van der Waals surface area contributed by atoms with Crippen LogP contribution in [0.4, 0.5) is 0 Å². The molecule has 0 atom stereocenters. The topological polar surface area (TPSA) is 38.9 Å². The van der Waals surface area contributed by atoms with Gasteiger partial charge in [0.2, 0.25) is 5.89 Å². The number of aromatic nitrogens is 2. The summed E-state index contributed by atoms with van der Waals surface area (Å²) in [5.74, 6) is 1.98. The molecule has 1 aliphatic rings. The number of halogens is 1. The van der Waals surface area contributed by atoms with E-state index in [1.807, 2.05) is 30.3 Å². The van der Waals surface area contributed by atoms with Gasteiger partial charge in [-0.25, -0.2) is 0 Å². The van der Waals surface area contributed by atoms with E-state index < -0.39 is 0 Å². The van der Waals surface area contributed by atoms with Crippen LogP contribution in [0.1, 0.15) is 49.4 Å². The fraction of sp³-hybridized carbons (Fsp3) is 0.412. The minimum atomic E-state index is 0.601. The van der Waals surface area contributed by atoms with Gasteiger partial charge < -0.3 is 4.52 Å². The number of hydrogen-bond donors (Lipinski definition) is 0. The molecule has 1 aliphatic carbocycles. The Morgan fingerprint density at radius 1 is 1.14 bits per heavy atom. The third-order valence-electron chi connectivity index (χ3n) is 3.92. The SMILES string of the molecule is Clc1ccc(Cc2noc(C=CC3CCCCC3)n2)cc1. The first-order valence-electron chi connectivity index (χ1n) is 7.55. The molecule has 0 radical (unpaired) electrons. The Hall–Kier alpha value is -1.61. The highest BCUT2D eigenvalue weighted by molar-refractivity contribution is 6.30. The molecule has 0 unspecified atom stereocenters. The predicted molar refractivity (Wildman–Crippen MR) is 84.2 cm³/mol. The van der Waals surface area contributed by atoms with Gasteiger partial charge in [0.15, 0.2) is 5.82 Å². The first-order valence-corrected chi connectivity index (χ1v) is 7.92. The van der Waals surface area contributed by atoms with Gasteiger partial charge in [-0.15, -0.1) is 0 Å². The van der Waals surface area contributed by atoms with Crippen molar-refractivity contribution in [1.82, 2.24) is 10.1 Å². The summed E-state index contributed by atoms with van der Waals surface area (Å²) in [6, 6.07) is 7.72. The molecule has 0 aliphatic heterocycles. The van der Waals surface area contributed by atoms with Gasteiger partial charge in [0.1, 0.15) is 0 Å².